The van der Waals surface area contributed by atoms with Crippen LogP contribution in [0.4, 0.5) is 0 Å². The van der Waals surface area contributed by atoms with Gasteiger partial charge in [-0.25, -0.2) is 0 Å². The second-order valence-corrected chi connectivity index (χ2v) is 4.66. The Balaban J connectivity index is 1.84. The van der Waals surface area contributed by atoms with Crippen molar-refractivity contribution in [1.82, 2.24) is 5.32 Å². The molecule has 16 heavy (non-hydrogen) atoms. The smallest absolute Gasteiger partial charge is 0.117 e. The van der Waals surface area contributed by atoms with Crippen LogP contribution < -0.4 is 5.32 Å². The van der Waals surface area contributed by atoms with E-state index in [-0.39, 0.29) is 0 Å². The molecule has 0 aliphatic heterocycles. The molecule has 0 atom stereocenters. The summed E-state index contributed by atoms with van der Waals surface area (Å²) in [6.07, 6.45) is 0. The van der Waals surface area contributed by atoms with E-state index in [0.717, 1.165) is 29.1 Å². The summed E-state index contributed by atoms with van der Waals surface area (Å²) in [6.45, 7) is 3.57. The summed E-state index contributed by atoms with van der Waals surface area (Å²) in [6, 6.07) is 12.3. The number of aryl methyl sites for hydroxylation is 1. The third-order valence-corrected chi connectivity index (χ3v) is 2.81. The summed E-state index contributed by atoms with van der Waals surface area (Å²) in [7, 11) is 0. The van der Waals surface area contributed by atoms with E-state index in [1.54, 1.807) is 0 Å². The molecule has 0 unspecified atom stereocenters. The lowest BCUT2D eigenvalue weighted by molar-refractivity contribution is 0.461. The van der Waals surface area contributed by atoms with E-state index in [0.29, 0.717) is 0 Å². The number of furan rings is 1. The second kappa shape index (κ2) is 5.32. The molecule has 1 heterocycles. The molecular formula is C13H14BrNO. The van der Waals surface area contributed by atoms with Crippen LogP contribution in [0.1, 0.15) is 17.1 Å². The third kappa shape index (κ3) is 3.22. The Hall–Kier alpha value is -1.06. The quantitative estimate of drug-likeness (QED) is 0.925. The lowest BCUT2D eigenvalue weighted by Crippen LogP contribution is -2.11. The van der Waals surface area contributed by atoms with Crippen LogP contribution in [0, 0.1) is 6.92 Å². The van der Waals surface area contributed by atoms with Crippen molar-refractivity contribution < 1.29 is 4.42 Å². The van der Waals surface area contributed by atoms with Crippen LogP contribution in [-0.2, 0) is 13.1 Å². The Morgan fingerprint density at radius 1 is 1.19 bits per heavy atom. The highest BCUT2D eigenvalue weighted by Crippen LogP contribution is 2.11. The zero-order valence-electron chi connectivity index (χ0n) is 9.16. The molecule has 0 saturated heterocycles. The van der Waals surface area contributed by atoms with Crippen molar-refractivity contribution in [3.63, 3.8) is 0 Å². The predicted octanol–water partition coefficient (Wildman–Crippen LogP) is 3.64. The largest absolute Gasteiger partial charge is 0.465 e. The fourth-order valence-corrected chi connectivity index (χ4v) is 2.00. The minimum atomic E-state index is 0.764. The highest BCUT2D eigenvalue weighted by atomic mass is 79.9. The zero-order chi connectivity index (χ0) is 11.4. The van der Waals surface area contributed by atoms with Crippen molar-refractivity contribution in [1.29, 1.82) is 0 Å². The molecule has 84 valence electrons. The molecule has 2 rings (SSSR count). The number of hydrogen-bond donors (Lipinski definition) is 1. The number of hydrogen-bond acceptors (Lipinski definition) is 2. The van der Waals surface area contributed by atoms with Crippen molar-refractivity contribution in [2.75, 3.05) is 0 Å². The maximum atomic E-state index is 5.47. The van der Waals surface area contributed by atoms with Crippen LogP contribution in [0.2, 0.25) is 0 Å². The van der Waals surface area contributed by atoms with Crippen LogP contribution in [0.3, 0.4) is 0 Å². The Morgan fingerprint density at radius 3 is 2.75 bits per heavy atom. The summed E-state index contributed by atoms with van der Waals surface area (Å²) in [5.41, 5.74) is 1.26. The first-order valence-corrected chi connectivity index (χ1v) is 6.04. The summed E-state index contributed by atoms with van der Waals surface area (Å²) in [5, 5.41) is 3.34. The van der Waals surface area contributed by atoms with Gasteiger partial charge in [0.15, 0.2) is 0 Å². The van der Waals surface area contributed by atoms with E-state index >= 15 is 0 Å². The van der Waals surface area contributed by atoms with Crippen molar-refractivity contribution in [3.8, 4) is 0 Å². The molecule has 0 saturated carbocycles. The summed E-state index contributed by atoms with van der Waals surface area (Å²) >= 11 is 3.46. The molecule has 1 aromatic heterocycles. The van der Waals surface area contributed by atoms with Gasteiger partial charge in [-0.1, -0.05) is 28.1 Å². The minimum absolute atomic E-state index is 0.764. The van der Waals surface area contributed by atoms with Crippen molar-refractivity contribution >= 4 is 15.9 Å². The van der Waals surface area contributed by atoms with Gasteiger partial charge >= 0.3 is 0 Å². The number of nitrogens with one attached hydrogen (secondary N) is 1. The lowest BCUT2D eigenvalue weighted by Gasteiger charge is -2.03. The summed E-state index contributed by atoms with van der Waals surface area (Å²) in [4.78, 5) is 0. The van der Waals surface area contributed by atoms with Crippen molar-refractivity contribution in [2.45, 2.75) is 20.0 Å². The average molecular weight is 280 g/mol. The Kier molecular flexibility index (Phi) is 3.80. The molecule has 2 aromatic rings. The maximum absolute atomic E-state index is 5.47. The maximum Gasteiger partial charge on any atom is 0.117 e. The molecule has 0 spiro atoms. The first-order valence-electron chi connectivity index (χ1n) is 5.24. The number of halogens is 1. The van der Waals surface area contributed by atoms with Crippen LogP contribution in [-0.4, -0.2) is 0 Å². The van der Waals surface area contributed by atoms with Crippen LogP contribution in [0.15, 0.2) is 45.3 Å². The van der Waals surface area contributed by atoms with Gasteiger partial charge in [0.05, 0.1) is 6.54 Å². The Bertz CT molecular complexity index is 464. The normalized spacial score (nSPS) is 10.6. The SMILES string of the molecule is Cc1ccc(CNCc2cccc(Br)c2)o1. The summed E-state index contributed by atoms with van der Waals surface area (Å²) in [5.74, 6) is 1.94. The third-order valence-electron chi connectivity index (χ3n) is 2.31. The minimum Gasteiger partial charge on any atom is -0.465 e. The van der Waals surface area contributed by atoms with E-state index < -0.39 is 0 Å². The molecule has 0 radical (unpaired) electrons. The zero-order valence-corrected chi connectivity index (χ0v) is 10.8. The van der Waals surface area contributed by atoms with E-state index in [1.807, 2.05) is 31.2 Å². The lowest BCUT2D eigenvalue weighted by atomic mass is 10.2. The van der Waals surface area contributed by atoms with Gasteiger partial charge in [0.2, 0.25) is 0 Å². The molecule has 0 aliphatic rings. The molecule has 0 amide bonds. The first-order chi connectivity index (χ1) is 7.74. The molecule has 0 aliphatic carbocycles. The second-order valence-electron chi connectivity index (χ2n) is 3.75. The highest BCUT2D eigenvalue weighted by molar-refractivity contribution is 9.10. The summed E-state index contributed by atoms with van der Waals surface area (Å²) < 4.78 is 6.59. The highest BCUT2D eigenvalue weighted by Gasteiger charge is 1.98. The number of benzene rings is 1. The Morgan fingerprint density at radius 2 is 2.06 bits per heavy atom. The van der Waals surface area contributed by atoms with Crippen LogP contribution >= 0.6 is 15.9 Å². The molecule has 3 heteroatoms. The van der Waals surface area contributed by atoms with Gasteiger partial charge in [-0.05, 0) is 36.8 Å². The monoisotopic (exact) mass is 279 g/mol. The fourth-order valence-electron chi connectivity index (χ4n) is 1.56. The van der Waals surface area contributed by atoms with Gasteiger partial charge < -0.3 is 9.73 Å². The predicted molar refractivity (Wildman–Crippen MR) is 68.1 cm³/mol. The topological polar surface area (TPSA) is 25.2 Å². The van der Waals surface area contributed by atoms with Crippen LogP contribution in [0.25, 0.3) is 0 Å². The van der Waals surface area contributed by atoms with E-state index in [1.165, 1.54) is 5.56 Å². The number of rotatable bonds is 4. The van der Waals surface area contributed by atoms with Gasteiger partial charge in [-0.15, -0.1) is 0 Å². The molecular weight excluding hydrogens is 266 g/mol. The average Bonchev–Trinajstić information content (AvgIpc) is 2.64. The van der Waals surface area contributed by atoms with Crippen LogP contribution in [0.5, 0.6) is 0 Å². The molecule has 2 nitrogen and oxygen atoms in total. The molecule has 0 fully saturated rings. The van der Waals surface area contributed by atoms with Gasteiger partial charge in [-0.2, -0.15) is 0 Å². The van der Waals surface area contributed by atoms with E-state index in [2.05, 4.69) is 33.4 Å². The van der Waals surface area contributed by atoms with Gasteiger partial charge in [0, 0.05) is 11.0 Å². The first kappa shape index (κ1) is 11.4. The van der Waals surface area contributed by atoms with Crippen molar-refractivity contribution in [2.24, 2.45) is 0 Å². The molecule has 0 bridgehead atoms. The van der Waals surface area contributed by atoms with E-state index in [9.17, 15) is 0 Å². The fraction of sp³-hybridized carbons (Fsp3) is 0.231. The van der Waals surface area contributed by atoms with Crippen molar-refractivity contribution in [3.05, 3.63) is 58.0 Å². The standard InChI is InChI=1S/C13H14BrNO/c1-10-5-6-13(16-10)9-15-8-11-3-2-4-12(14)7-11/h2-7,15H,8-9H2,1H3. The van der Waals surface area contributed by atoms with Gasteiger partial charge in [-0.3, -0.25) is 0 Å². The van der Waals surface area contributed by atoms with Gasteiger partial charge in [0.25, 0.3) is 0 Å². The molecule has 1 N–H and O–H groups in total. The molecule has 1 aromatic carbocycles. The van der Waals surface area contributed by atoms with Gasteiger partial charge in [0.1, 0.15) is 11.5 Å². The Labute approximate surface area is 104 Å². The van der Waals surface area contributed by atoms with E-state index in [4.69, 9.17) is 4.42 Å².